The quantitative estimate of drug-likeness (QED) is 0.852. The highest BCUT2D eigenvalue weighted by molar-refractivity contribution is 6.33. The van der Waals surface area contributed by atoms with Crippen molar-refractivity contribution in [3.8, 4) is 0 Å². The summed E-state index contributed by atoms with van der Waals surface area (Å²) >= 11 is 6.00. The zero-order valence-corrected chi connectivity index (χ0v) is 10.00. The topological polar surface area (TPSA) is 32.3 Å². The molecular weight excluding hydrogens is 224 g/mol. The van der Waals surface area contributed by atoms with Gasteiger partial charge in [0, 0.05) is 19.1 Å². The van der Waals surface area contributed by atoms with Crippen LogP contribution in [0.1, 0.15) is 16.8 Å². The lowest BCUT2D eigenvalue weighted by Crippen LogP contribution is -2.33. The summed E-state index contributed by atoms with van der Waals surface area (Å²) in [4.78, 5) is 14.0. The molecule has 1 heterocycles. The van der Waals surface area contributed by atoms with E-state index in [9.17, 15) is 4.79 Å². The zero-order valence-electron chi connectivity index (χ0n) is 9.24. The Morgan fingerprint density at radius 3 is 2.88 bits per heavy atom. The van der Waals surface area contributed by atoms with Crippen LogP contribution in [0.25, 0.3) is 0 Å². The maximum absolute atomic E-state index is 12.1. The van der Waals surface area contributed by atoms with E-state index in [1.807, 2.05) is 24.1 Å². The Labute approximate surface area is 100 Å². The van der Waals surface area contributed by atoms with Crippen molar-refractivity contribution in [2.24, 2.45) is 0 Å². The molecule has 2 rings (SSSR count). The van der Waals surface area contributed by atoms with E-state index in [0.717, 1.165) is 19.5 Å². The molecule has 0 spiro atoms. The molecule has 1 unspecified atom stereocenters. The van der Waals surface area contributed by atoms with Crippen LogP contribution in [0.4, 0.5) is 0 Å². The normalized spacial score (nSPS) is 20.1. The number of nitrogens with zero attached hydrogens (tertiary/aromatic N) is 1. The van der Waals surface area contributed by atoms with Crippen molar-refractivity contribution >= 4 is 17.5 Å². The number of hydrogen-bond donors (Lipinski definition) is 1. The SMILES string of the molecule is CNC1CCN(C(=O)c2ccccc2Cl)C1. The monoisotopic (exact) mass is 238 g/mol. The van der Waals surface area contributed by atoms with E-state index in [-0.39, 0.29) is 5.91 Å². The molecule has 1 atom stereocenters. The summed E-state index contributed by atoms with van der Waals surface area (Å²) in [7, 11) is 1.92. The lowest BCUT2D eigenvalue weighted by molar-refractivity contribution is 0.0790. The first-order chi connectivity index (χ1) is 7.72. The molecule has 1 aliphatic heterocycles. The molecule has 4 heteroatoms. The van der Waals surface area contributed by atoms with Gasteiger partial charge < -0.3 is 10.2 Å². The fourth-order valence-corrected chi connectivity index (χ4v) is 2.20. The molecule has 1 amide bonds. The minimum absolute atomic E-state index is 0.0309. The minimum atomic E-state index is 0.0309. The molecule has 0 bridgehead atoms. The number of halogens is 1. The lowest BCUT2D eigenvalue weighted by Gasteiger charge is -2.17. The van der Waals surface area contributed by atoms with E-state index < -0.39 is 0 Å². The zero-order chi connectivity index (χ0) is 11.5. The summed E-state index contributed by atoms with van der Waals surface area (Å²) in [5.74, 6) is 0.0309. The molecule has 1 fully saturated rings. The van der Waals surface area contributed by atoms with Gasteiger partial charge in [-0.25, -0.2) is 0 Å². The van der Waals surface area contributed by atoms with Crippen LogP contribution in [-0.4, -0.2) is 37.0 Å². The Hall–Kier alpha value is -1.06. The predicted molar refractivity (Wildman–Crippen MR) is 64.8 cm³/mol. The van der Waals surface area contributed by atoms with E-state index in [2.05, 4.69) is 5.32 Å². The molecule has 1 aromatic rings. The molecule has 16 heavy (non-hydrogen) atoms. The van der Waals surface area contributed by atoms with Gasteiger partial charge in [0.15, 0.2) is 0 Å². The van der Waals surface area contributed by atoms with Gasteiger partial charge in [-0.15, -0.1) is 0 Å². The van der Waals surface area contributed by atoms with Gasteiger partial charge in [-0.1, -0.05) is 23.7 Å². The van der Waals surface area contributed by atoms with Crippen LogP contribution in [0.3, 0.4) is 0 Å². The largest absolute Gasteiger partial charge is 0.337 e. The Balaban J connectivity index is 2.12. The summed E-state index contributed by atoms with van der Waals surface area (Å²) in [5.41, 5.74) is 0.598. The van der Waals surface area contributed by atoms with Crippen molar-refractivity contribution in [1.82, 2.24) is 10.2 Å². The van der Waals surface area contributed by atoms with Gasteiger partial charge in [0.1, 0.15) is 0 Å². The minimum Gasteiger partial charge on any atom is -0.337 e. The van der Waals surface area contributed by atoms with Crippen molar-refractivity contribution in [1.29, 1.82) is 0 Å². The molecule has 0 aromatic heterocycles. The Morgan fingerprint density at radius 1 is 1.50 bits per heavy atom. The number of rotatable bonds is 2. The maximum Gasteiger partial charge on any atom is 0.255 e. The second-order valence-corrected chi connectivity index (χ2v) is 4.41. The van der Waals surface area contributed by atoms with E-state index in [0.29, 0.717) is 16.6 Å². The van der Waals surface area contributed by atoms with Crippen LogP contribution in [0, 0.1) is 0 Å². The number of likely N-dealkylation sites (tertiary alicyclic amines) is 1. The lowest BCUT2D eigenvalue weighted by atomic mass is 10.2. The summed E-state index contributed by atoms with van der Waals surface area (Å²) in [5, 5.41) is 3.72. The van der Waals surface area contributed by atoms with Gasteiger partial charge >= 0.3 is 0 Å². The number of hydrogen-bond acceptors (Lipinski definition) is 2. The molecule has 0 radical (unpaired) electrons. The van der Waals surface area contributed by atoms with Crippen molar-refractivity contribution in [3.05, 3.63) is 34.9 Å². The van der Waals surface area contributed by atoms with E-state index in [1.54, 1.807) is 12.1 Å². The molecule has 3 nitrogen and oxygen atoms in total. The highest BCUT2D eigenvalue weighted by Gasteiger charge is 2.26. The predicted octanol–water partition coefficient (Wildman–Crippen LogP) is 1.77. The molecule has 1 aliphatic rings. The fourth-order valence-electron chi connectivity index (χ4n) is 1.99. The van der Waals surface area contributed by atoms with Crippen LogP contribution < -0.4 is 5.32 Å². The number of carbonyl (C=O) groups is 1. The van der Waals surface area contributed by atoms with Crippen LogP contribution in [0.2, 0.25) is 5.02 Å². The van der Waals surface area contributed by atoms with Gasteiger partial charge in [0.2, 0.25) is 0 Å². The van der Waals surface area contributed by atoms with Crippen LogP contribution in [0.5, 0.6) is 0 Å². The van der Waals surface area contributed by atoms with Gasteiger partial charge in [0.25, 0.3) is 5.91 Å². The van der Waals surface area contributed by atoms with Gasteiger partial charge in [-0.05, 0) is 25.6 Å². The van der Waals surface area contributed by atoms with Crippen molar-refractivity contribution in [2.45, 2.75) is 12.5 Å². The maximum atomic E-state index is 12.1. The van der Waals surface area contributed by atoms with Gasteiger partial charge in [-0.2, -0.15) is 0 Å². The first kappa shape index (κ1) is 11.4. The molecule has 86 valence electrons. The van der Waals surface area contributed by atoms with E-state index >= 15 is 0 Å². The average molecular weight is 239 g/mol. The van der Waals surface area contributed by atoms with Crippen molar-refractivity contribution < 1.29 is 4.79 Å². The third-order valence-corrected chi connectivity index (χ3v) is 3.32. The standard InChI is InChI=1S/C12H15ClN2O/c1-14-9-6-7-15(8-9)12(16)10-4-2-3-5-11(10)13/h2-5,9,14H,6-8H2,1H3. The number of nitrogens with one attached hydrogen (secondary N) is 1. The summed E-state index contributed by atoms with van der Waals surface area (Å²) < 4.78 is 0. The smallest absolute Gasteiger partial charge is 0.255 e. The summed E-state index contributed by atoms with van der Waals surface area (Å²) in [6.45, 7) is 1.57. The Morgan fingerprint density at radius 2 is 2.25 bits per heavy atom. The van der Waals surface area contributed by atoms with Crippen molar-refractivity contribution in [3.63, 3.8) is 0 Å². The molecule has 0 saturated carbocycles. The summed E-state index contributed by atoms with van der Waals surface area (Å²) in [6.07, 6.45) is 1.01. The van der Waals surface area contributed by atoms with Gasteiger partial charge in [-0.3, -0.25) is 4.79 Å². The van der Waals surface area contributed by atoms with E-state index in [4.69, 9.17) is 11.6 Å². The fraction of sp³-hybridized carbons (Fsp3) is 0.417. The molecule has 0 aliphatic carbocycles. The molecule has 1 N–H and O–H groups in total. The van der Waals surface area contributed by atoms with Crippen LogP contribution in [-0.2, 0) is 0 Å². The molecule has 1 aromatic carbocycles. The number of likely N-dealkylation sites (N-methyl/N-ethyl adjacent to an activating group) is 1. The third kappa shape index (κ3) is 2.20. The first-order valence-corrected chi connectivity index (χ1v) is 5.81. The third-order valence-electron chi connectivity index (χ3n) is 2.99. The molecular formula is C12H15ClN2O. The van der Waals surface area contributed by atoms with Crippen LogP contribution in [0.15, 0.2) is 24.3 Å². The number of carbonyl (C=O) groups excluding carboxylic acids is 1. The Kier molecular flexibility index (Phi) is 3.46. The molecule has 1 saturated heterocycles. The highest BCUT2D eigenvalue weighted by Crippen LogP contribution is 2.19. The van der Waals surface area contributed by atoms with Gasteiger partial charge in [0.05, 0.1) is 10.6 Å². The number of amides is 1. The Bertz CT molecular complexity index is 394. The highest BCUT2D eigenvalue weighted by atomic mass is 35.5. The van der Waals surface area contributed by atoms with Crippen molar-refractivity contribution in [2.75, 3.05) is 20.1 Å². The average Bonchev–Trinajstić information content (AvgIpc) is 2.77. The van der Waals surface area contributed by atoms with Crippen LogP contribution >= 0.6 is 11.6 Å². The second-order valence-electron chi connectivity index (χ2n) is 4.01. The first-order valence-electron chi connectivity index (χ1n) is 5.43. The number of benzene rings is 1. The van der Waals surface area contributed by atoms with E-state index in [1.165, 1.54) is 0 Å². The summed E-state index contributed by atoms with van der Waals surface area (Å²) in [6, 6.07) is 7.61. The second kappa shape index (κ2) is 4.85.